The first-order valence-electron chi connectivity index (χ1n) is 9.44. The number of aryl methyl sites for hydroxylation is 1. The predicted molar refractivity (Wildman–Crippen MR) is 108 cm³/mol. The van der Waals surface area contributed by atoms with Gasteiger partial charge in [0, 0.05) is 12.2 Å². The number of fused-ring (bicyclic) bond motifs is 1. The minimum Gasteiger partial charge on any atom is -0.497 e. The summed E-state index contributed by atoms with van der Waals surface area (Å²) < 4.78 is 30.0. The zero-order chi connectivity index (χ0) is 19.9. The molecule has 2 aromatic rings. The molecule has 2 aromatic carbocycles. The van der Waals surface area contributed by atoms with Crippen molar-refractivity contribution >= 4 is 21.6 Å². The molecule has 2 atom stereocenters. The molecule has 2 heterocycles. The van der Waals surface area contributed by atoms with Crippen molar-refractivity contribution in [2.75, 3.05) is 23.5 Å². The first-order chi connectivity index (χ1) is 13.4. The summed E-state index contributed by atoms with van der Waals surface area (Å²) in [5, 5.41) is 0. The molecule has 7 heteroatoms. The van der Waals surface area contributed by atoms with E-state index in [0.717, 1.165) is 17.7 Å². The lowest BCUT2D eigenvalue weighted by Gasteiger charge is -2.23. The van der Waals surface area contributed by atoms with Gasteiger partial charge in [-0.2, -0.15) is 0 Å². The van der Waals surface area contributed by atoms with Crippen LogP contribution in [-0.4, -0.2) is 50.0 Å². The maximum absolute atomic E-state index is 13.3. The van der Waals surface area contributed by atoms with Crippen LogP contribution in [0.15, 0.2) is 48.5 Å². The molecule has 0 bridgehead atoms. The van der Waals surface area contributed by atoms with Gasteiger partial charge < -0.3 is 9.64 Å². The molecule has 148 valence electrons. The lowest BCUT2D eigenvalue weighted by Crippen LogP contribution is -2.37. The van der Waals surface area contributed by atoms with Gasteiger partial charge in [0.05, 0.1) is 30.7 Å². The summed E-state index contributed by atoms with van der Waals surface area (Å²) in [6.45, 7) is 2.43. The van der Waals surface area contributed by atoms with Crippen molar-refractivity contribution in [2.45, 2.75) is 32.0 Å². The van der Waals surface area contributed by atoms with Gasteiger partial charge in [-0.3, -0.25) is 4.90 Å². The molecule has 0 N–H and O–H groups in total. The van der Waals surface area contributed by atoms with Crippen LogP contribution in [0.2, 0.25) is 0 Å². The van der Waals surface area contributed by atoms with E-state index in [0.29, 0.717) is 12.3 Å². The number of nitrogens with zero attached hydrogens (tertiary/aromatic N) is 2. The monoisotopic (exact) mass is 400 g/mol. The summed E-state index contributed by atoms with van der Waals surface area (Å²) in [5.41, 5.74) is 2.85. The minimum atomic E-state index is -3.18. The van der Waals surface area contributed by atoms with Gasteiger partial charge in [-0.1, -0.05) is 31.2 Å². The third kappa shape index (κ3) is 3.35. The second-order valence-corrected chi connectivity index (χ2v) is 9.52. The van der Waals surface area contributed by atoms with Crippen LogP contribution < -0.4 is 9.64 Å². The molecule has 28 heavy (non-hydrogen) atoms. The summed E-state index contributed by atoms with van der Waals surface area (Å²) in [7, 11) is -1.58. The molecular weight excluding hydrogens is 376 g/mol. The molecule has 2 aliphatic rings. The number of sulfone groups is 1. The largest absolute Gasteiger partial charge is 0.497 e. The van der Waals surface area contributed by atoms with E-state index in [1.165, 1.54) is 5.56 Å². The Bertz CT molecular complexity index is 988. The van der Waals surface area contributed by atoms with Crippen molar-refractivity contribution in [2.24, 2.45) is 0 Å². The maximum atomic E-state index is 13.3. The molecule has 0 spiro atoms. The van der Waals surface area contributed by atoms with Gasteiger partial charge in [0.25, 0.3) is 0 Å². The fraction of sp³-hybridized carbons (Fsp3) is 0.381. The summed E-state index contributed by atoms with van der Waals surface area (Å²) >= 11 is 0. The standard InChI is InChI=1S/C21H24N2O4S/c1-3-15-7-9-17(10-8-15)23-20-14-28(25,26)13-19(20)22(21(23)24)12-16-5-4-6-18(11-16)27-2/h4-11,19-20H,3,12-14H2,1-2H3/t19-,20+/m0/s1. The second-order valence-electron chi connectivity index (χ2n) is 7.36. The summed E-state index contributed by atoms with van der Waals surface area (Å²) in [6, 6.07) is 14.5. The number of hydrogen-bond acceptors (Lipinski definition) is 4. The van der Waals surface area contributed by atoms with Crippen molar-refractivity contribution in [3.8, 4) is 5.75 Å². The van der Waals surface area contributed by atoms with E-state index in [2.05, 4.69) is 6.92 Å². The van der Waals surface area contributed by atoms with E-state index >= 15 is 0 Å². The Balaban J connectivity index is 1.67. The number of benzene rings is 2. The number of amides is 2. The van der Waals surface area contributed by atoms with Crippen LogP contribution in [0.4, 0.5) is 10.5 Å². The van der Waals surface area contributed by atoms with E-state index < -0.39 is 9.84 Å². The van der Waals surface area contributed by atoms with Crippen LogP contribution in [0.3, 0.4) is 0 Å². The Morgan fingerprint density at radius 2 is 1.75 bits per heavy atom. The molecular formula is C21H24N2O4S. The van der Waals surface area contributed by atoms with Crippen LogP contribution in [0, 0.1) is 0 Å². The molecule has 4 rings (SSSR count). The molecule has 0 aromatic heterocycles. The average Bonchev–Trinajstić information content (AvgIpc) is 3.12. The first kappa shape index (κ1) is 18.8. The van der Waals surface area contributed by atoms with Crippen molar-refractivity contribution in [1.82, 2.24) is 4.90 Å². The SMILES string of the molecule is CCc1ccc(N2C(=O)N(Cc3cccc(OC)c3)[C@H]3CS(=O)(=O)C[C@H]32)cc1. The molecule has 2 saturated heterocycles. The molecule has 0 radical (unpaired) electrons. The van der Waals surface area contributed by atoms with Crippen LogP contribution in [0.25, 0.3) is 0 Å². The van der Waals surface area contributed by atoms with E-state index in [9.17, 15) is 13.2 Å². The topological polar surface area (TPSA) is 66.9 Å². The fourth-order valence-electron chi connectivity index (χ4n) is 4.12. The highest BCUT2D eigenvalue weighted by atomic mass is 32.2. The number of carbonyl (C=O) groups excluding carboxylic acids is 1. The quantitative estimate of drug-likeness (QED) is 0.724. The number of ether oxygens (including phenoxy) is 1. The number of rotatable bonds is 5. The molecule has 2 aliphatic heterocycles. The van der Waals surface area contributed by atoms with Gasteiger partial charge in [0.15, 0.2) is 9.84 Å². The lowest BCUT2D eigenvalue weighted by molar-refractivity contribution is 0.206. The normalized spacial score (nSPS) is 23.1. The molecule has 2 fully saturated rings. The summed E-state index contributed by atoms with van der Waals surface area (Å²) in [5.74, 6) is 0.733. The van der Waals surface area contributed by atoms with Crippen molar-refractivity contribution in [1.29, 1.82) is 0 Å². The number of carbonyl (C=O) groups is 1. The van der Waals surface area contributed by atoms with Crippen LogP contribution in [0.5, 0.6) is 5.75 Å². The molecule has 0 saturated carbocycles. The van der Waals surface area contributed by atoms with E-state index in [4.69, 9.17) is 4.74 Å². The van der Waals surface area contributed by atoms with E-state index in [1.54, 1.807) is 16.9 Å². The fourth-order valence-corrected chi connectivity index (χ4v) is 6.07. The highest BCUT2D eigenvalue weighted by Gasteiger charge is 2.53. The molecule has 2 amide bonds. The Hall–Kier alpha value is -2.54. The molecule has 6 nitrogen and oxygen atoms in total. The third-order valence-electron chi connectivity index (χ3n) is 5.59. The Kier molecular flexibility index (Phi) is 4.79. The molecule has 0 aliphatic carbocycles. The Labute approximate surface area is 165 Å². The second kappa shape index (κ2) is 7.13. The zero-order valence-electron chi connectivity index (χ0n) is 16.0. The summed E-state index contributed by atoms with van der Waals surface area (Å²) in [4.78, 5) is 16.6. The first-order valence-corrected chi connectivity index (χ1v) is 11.3. The van der Waals surface area contributed by atoms with Gasteiger partial charge in [-0.15, -0.1) is 0 Å². The summed E-state index contributed by atoms with van der Waals surface area (Å²) in [6.07, 6.45) is 0.913. The highest BCUT2D eigenvalue weighted by Crippen LogP contribution is 2.36. The third-order valence-corrected chi connectivity index (χ3v) is 7.29. The van der Waals surface area contributed by atoms with E-state index in [1.807, 2.05) is 48.5 Å². The number of anilines is 1. The predicted octanol–water partition coefficient (Wildman–Crippen LogP) is 2.87. The smallest absolute Gasteiger partial charge is 0.325 e. The van der Waals surface area contributed by atoms with Gasteiger partial charge >= 0.3 is 6.03 Å². The zero-order valence-corrected chi connectivity index (χ0v) is 16.9. The average molecular weight is 401 g/mol. The lowest BCUT2D eigenvalue weighted by atomic mass is 10.1. The van der Waals surface area contributed by atoms with E-state index in [-0.39, 0.29) is 29.6 Å². The van der Waals surface area contributed by atoms with Crippen LogP contribution in [-0.2, 0) is 22.8 Å². The van der Waals surface area contributed by atoms with Crippen molar-refractivity contribution in [3.05, 3.63) is 59.7 Å². The van der Waals surface area contributed by atoms with Gasteiger partial charge in [-0.25, -0.2) is 13.2 Å². The van der Waals surface area contributed by atoms with Crippen molar-refractivity contribution in [3.63, 3.8) is 0 Å². The minimum absolute atomic E-state index is 0.00749. The molecule has 0 unspecified atom stereocenters. The highest BCUT2D eigenvalue weighted by molar-refractivity contribution is 7.91. The van der Waals surface area contributed by atoms with Crippen LogP contribution in [0.1, 0.15) is 18.1 Å². The Morgan fingerprint density at radius 3 is 2.43 bits per heavy atom. The van der Waals surface area contributed by atoms with Gasteiger partial charge in [-0.05, 0) is 41.8 Å². The van der Waals surface area contributed by atoms with Gasteiger partial charge in [0.2, 0.25) is 0 Å². The number of urea groups is 1. The Morgan fingerprint density at radius 1 is 1.04 bits per heavy atom. The van der Waals surface area contributed by atoms with Gasteiger partial charge in [0.1, 0.15) is 5.75 Å². The maximum Gasteiger partial charge on any atom is 0.325 e. The number of hydrogen-bond donors (Lipinski definition) is 0. The van der Waals surface area contributed by atoms with Crippen LogP contribution >= 0.6 is 0 Å². The van der Waals surface area contributed by atoms with Crippen molar-refractivity contribution < 1.29 is 17.9 Å². The number of methoxy groups -OCH3 is 1.